The smallest absolute Gasteiger partial charge is 0.276 e. The lowest BCUT2D eigenvalue weighted by atomic mass is 10.1. The second-order valence-electron chi connectivity index (χ2n) is 4.56. The molecule has 0 aliphatic heterocycles. The Balaban J connectivity index is 2.44. The number of benzene rings is 2. The summed E-state index contributed by atoms with van der Waals surface area (Å²) in [5, 5.41) is 19.6. The number of hydrogen-bond donors (Lipinski definition) is 0. The van der Waals surface area contributed by atoms with Crippen LogP contribution in [0.1, 0.15) is 16.7 Å². The predicted octanol–water partition coefficient (Wildman–Crippen LogP) is 4.01. The van der Waals surface area contributed by atoms with E-state index in [1.54, 1.807) is 26.0 Å². The van der Waals surface area contributed by atoms with Crippen LogP contribution in [-0.2, 0) is 0 Å². The number of hydrogen-bond acceptors (Lipinski definition) is 4. The summed E-state index contributed by atoms with van der Waals surface area (Å²) in [5.74, 6) is -0.255. The molecule has 21 heavy (non-hydrogen) atoms. The number of rotatable bonds is 3. The number of ether oxygens (including phenoxy) is 1. The Morgan fingerprint density at radius 2 is 1.81 bits per heavy atom. The van der Waals surface area contributed by atoms with E-state index in [-0.39, 0.29) is 11.4 Å². The predicted molar refractivity (Wildman–Crippen MR) is 73.8 cm³/mol. The lowest BCUT2D eigenvalue weighted by molar-refractivity contribution is -0.385. The van der Waals surface area contributed by atoms with Crippen LogP contribution >= 0.6 is 0 Å². The molecule has 0 amide bonds. The average molecular weight is 286 g/mol. The highest BCUT2D eigenvalue weighted by Crippen LogP contribution is 2.32. The summed E-state index contributed by atoms with van der Waals surface area (Å²) in [7, 11) is 0. The molecular weight excluding hydrogens is 275 g/mol. The molecule has 0 spiro atoms. The standard InChI is InChI=1S/C15H11FN2O3/c1-9-3-11(8-17)4-10(2)15(9)21-14-6-12(16)5-13(7-14)18(19)20/h3-7H,1-2H3. The number of non-ortho nitro benzene ring substituents is 1. The van der Waals surface area contributed by atoms with Crippen molar-refractivity contribution in [2.45, 2.75) is 13.8 Å². The van der Waals surface area contributed by atoms with E-state index in [1.165, 1.54) is 0 Å². The molecule has 0 aromatic heterocycles. The zero-order chi connectivity index (χ0) is 15.6. The Bertz CT molecular complexity index is 743. The van der Waals surface area contributed by atoms with Crippen LogP contribution < -0.4 is 4.74 Å². The second kappa shape index (κ2) is 5.59. The van der Waals surface area contributed by atoms with Gasteiger partial charge in [0.15, 0.2) is 0 Å². The average Bonchev–Trinajstić information content (AvgIpc) is 2.42. The van der Waals surface area contributed by atoms with E-state index in [0.29, 0.717) is 22.4 Å². The van der Waals surface area contributed by atoms with Crippen molar-refractivity contribution in [3.05, 3.63) is 63.0 Å². The van der Waals surface area contributed by atoms with Crippen molar-refractivity contribution in [1.82, 2.24) is 0 Å². The van der Waals surface area contributed by atoms with Gasteiger partial charge < -0.3 is 4.74 Å². The molecule has 0 aliphatic carbocycles. The highest BCUT2D eigenvalue weighted by atomic mass is 19.1. The minimum absolute atomic E-state index is 0.0395. The number of nitrogens with zero attached hydrogens (tertiary/aromatic N) is 2. The third kappa shape index (κ3) is 3.15. The molecule has 0 atom stereocenters. The summed E-state index contributed by atoms with van der Waals surface area (Å²) >= 11 is 0. The normalized spacial score (nSPS) is 10.0. The summed E-state index contributed by atoms with van der Waals surface area (Å²) < 4.78 is 18.9. The maximum atomic E-state index is 13.4. The first-order valence-corrected chi connectivity index (χ1v) is 6.05. The summed E-state index contributed by atoms with van der Waals surface area (Å²) in [6, 6.07) is 8.35. The number of aryl methyl sites for hydroxylation is 2. The Morgan fingerprint density at radius 1 is 1.19 bits per heavy atom. The van der Waals surface area contributed by atoms with Gasteiger partial charge in [0.25, 0.3) is 5.69 Å². The molecule has 0 aliphatic rings. The van der Waals surface area contributed by atoms with Gasteiger partial charge in [-0.2, -0.15) is 5.26 Å². The van der Waals surface area contributed by atoms with Crippen molar-refractivity contribution in [1.29, 1.82) is 5.26 Å². The first-order chi connectivity index (χ1) is 9.90. The monoisotopic (exact) mass is 286 g/mol. The van der Waals surface area contributed by atoms with E-state index in [1.807, 2.05) is 6.07 Å². The van der Waals surface area contributed by atoms with Crippen molar-refractivity contribution in [3.63, 3.8) is 0 Å². The zero-order valence-corrected chi connectivity index (χ0v) is 11.4. The fourth-order valence-electron chi connectivity index (χ4n) is 2.01. The first kappa shape index (κ1) is 14.5. The van der Waals surface area contributed by atoms with E-state index in [9.17, 15) is 14.5 Å². The fourth-order valence-corrected chi connectivity index (χ4v) is 2.01. The molecule has 0 fully saturated rings. The van der Waals surface area contributed by atoms with Gasteiger partial charge in [-0.05, 0) is 37.1 Å². The molecule has 0 heterocycles. The number of nitro benzene ring substituents is 1. The Labute approximate surface area is 120 Å². The fraction of sp³-hybridized carbons (Fsp3) is 0.133. The van der Waals surface area contributed by atoms with Gasteiger partial charge in [-0.3, -0.25) is 10.1 Å². The largest absolute Gasteiger partial charge is 0.456 e. The quantitative estimate of drug-likeness (QED) is 0.630. The van der Waals surface area contributed by atoms with E-state index in [4.69, 9.17) is 10.00 Å². The van der Waals surface area contributed by atoms with Gasteiger partial charge in [-0.1, -0.05) is 0 Å². The molecule has 0 saturated carbocycles. The van der Waals surface area contributed by atoms with Crippen molar-refractivity contribution in [3.8, 4) is 17.6 Å². The van der Waals surface area contributed by atoms with Crippen LogP contribution in [0.4, 0.5) is 10.1 Å². The molecular formula is C15H11FN2O3. The number of halogens is 1. The molecule has 0 saturated heterocycles. The second-order valence-corrected chi connectivity index (χ2v) is 4.56. The summed E-state index contributed by atoms with van der Waals surface area (Å²) in [4.78, 5) is 10.0. The van der Waals surface area contributed by atoms with E-state index < -0.39 is 10.7 Å². The van der Waals surface area contributed by atoms with Gasteiger partial charge in [-0.15, -0.1) is 0 Å². The third-order valence-corrected chi connectivity index (χ3v) is 2.88. The SMILES string of the molecule is Cc1cc(C#N)cc(C)c1Oc1cc(F)cc([N+](=O)[O-])c1. The maximum absolute atomic E-state index is 13.4. The molecule has 5 nitrogen and oxygen atoms in total. The maximum Gasteiger partial charge on any atom is 0.276 e. The molecule has 6 heteroatoms. The molecule has 0 bridgehead atoms. The van der Waals surface area contributed by atoms with Crippen LogP contribution in [0.2, 0.25) is 0 Å². The Morgan fingerprint density at radius 3 is 2.33 bits per heavy atom. The lowest BCUT2D eigenvalue weighted by Crippen LogP contribution is -1.95. The van der Waals surface area contributed by atoms with Crippen LogP contribution in [-0.4, -0.2) is 4.92 Å². The van der Waals surface area contributed by atoms with Crippen LogP contribution in [0.3, 0.4) is 0 Å². The molecule has 0 radical (unpaired) electrons. The molecule has 2 aromatic carbocycles. The molecule has 2 aromatic rings. The van der Waals surface area contributed by atoms with E-state index in [2.05, 4.69) is 0 Å². The topological polar surface area (TPSA) is 76.2 Å². The van der Waals surface area contributed by atoms with Crippen LogP contribution in [0, 0.1) is 41.1 Å². The number of nitriles is 1. The van der Waals surface area contributed by atoms with Gasteiger partial charge in [-0.25, -0.2) is 4.39 Å². The van der Waals surface area contributed by atoms with Crippen LogP contribution in [0.15, 0.2) is 30.3 Å². The molecule has 0 N–H and O–H groups in total. The highest BCUT2D eigenvalue weighted by molar-refractivity contribution is 5.50. The van der Waals surface area contributed by atoms with Crippen molar-refractivity contribution in [2.75, 3.05) is 0 Å². The molecule has 106 valence electrons. The van der Waals surface area contributed by atoms with Crippen LogP contribution in [0.25, 0.3) is 0 Å². The van der Waals surface area contributed by atoms with Gasteiger partial charge in [0.1, 0.15) is 17.3 Å². The van der Waals surface area contributed by atoms with Crippen molar-refractivity contribution >= 4 is 5.69 Å². The van der Waals surface area contributed by atoms with E-state index >= 15 is 0 Å². The van der Waals surface area contributed by atoms with E-state index in [0.717, 1.165) is 18.2 Å². The summed E-state index contributed by atoms with van der Waals surface area (Å²) in [6.07, 6.45) is 0. The van der Waals surface area contributed by atoms with Crippen molar-refractivity contribution in [2.24, 2.45) is 0 Å². The molecule has 0 unspecified atom stereocenters. The lowest BCUT2D eigenvalue weighted by Gasteiger charge is -2.12. The minimum Gasteiger partial charge on any atom is -0.456 e. The van der Waals surface area contributed by atoms with Gasteiger partial charge in [0.05, 0.1) is 28.7 Å². The van der Waals surface area contributed by atoms with Gasteiger partial charge >= 0.3 is 0 Å². The Hall–Kier alpha value is -2.94. The molecule has 2 rings (SSSR count). The minimum atomic E-state index is -0.747. The number of nitro groups is 1. The summed E-state index contributed by atoms with van der Waals surface area (Å²) in [6.45, 7) is 3.49. The first-order valence-electron chi connectivity index (χ1n) is 6.05. The third-order valence-electron chi connectivity index (χ3n) is 2.88. The zero-order valence-electron chi connectivity index (χ0n) is 11.4. The Kier molecular flexibility index (Phi) is 3.85. The van der Waals surface area contributed by atoms with Crippen LogP contribution in [0.5, 0.6) is 11.5 Å². The highest BCUT2D eigenvalue weighted by Gasteiger charge is 2.13. The van der Waals surface area contributed by atoms with Gasteiger partial charge in [0, 0.05) is 6.07 Å². The van der Waals surface area contributed by atoms with Gasteiger partial charge in [0.2, 0.25) is 0 Å². The van der Waals surface area contributed by atoms with Crippen molar-refractivity contribution < 1.29 is 14.1 Å². The summed E-state index contributed by atoms with van der Waals surface area (Å²) in [5.41, 5.74) is 1.49.